The third-order valence-corrected chi connectivity index (χ3v) is 3.50. The molecule has 0 atom stereocenters. The van der Waals surface area contributed by atoms with Crippen LogP contribution in [0.5, 0.6) is 0 Å². The van der Waals surface area contributed by atoms with Crippen LogP contribution in [-0.4, -0.2) is 26.2 Å². The first-order chi connectivity index (χ1) is 10.9. The minimum absolute atomic E-state index is 0.116. The maximum Gasteiger partial charge on any atom is 0.338 e. The molecule has 23 heavy (non-hydrogen) atoms. The highest BCUT2D eigenvalue weighted by Gasteiger charge is 2.25. The van der Waals surface area contributed by atoms with Crippen molar-refractivity contribution in [2.45, 2.75) is 13.8 Å². The number of carbonyl (C=O) groups is 2. The molecule has 6 heteroatoms. The highest BCUT2D eigenvalue weighted by Crippen LogP contribution is 2.30. The van der Waals surface area contributed by atoms with E-state index in [0.29, 0.717) is 11.1 Å². The van der Waals surface area contributed by atoms with E-state index in [1.807, 2.05) is 0 Å². The summed E-state index contributed by atoms with van der Waals surface area (Å²) in [7, 11) is 2.46. The summed E-state index contributed by atoms with van der Waals surface area (Å²) in [6.45, 7) is 3.19. The van der Waals surface area contributed by atoms with Gasteiger partial charge in [-0.25, -0.2) is 9.59 Å². The summed E-state index contributed by atoms with van der Waals surface area (Å²) in [6.07, 6.45) is 1.29. The Labute approximate surface area is 132 Å². The Morgan fingerprint density at radius 1 is 1.00 bits per heavy atom. The van der Waals surface area contributed by atoms with Gasteiger partial charge in [0.2, 0.25) is 0 Å². The van der Waals surface area contributed by atoms with Crippen LogP contribution in [0.4, 0.5) is 0 Å². The van der Waals surface area contributed by atoms with Crippen molar-refractivity contribution in [2.75, 3.05) is 14.2 Å². The summed E-state index contributed by atoms with van der Waals surface area (Å²) >= 11 is 0. The topological polar surface area (TPSA) is 82.8 Å². The predicted octanol–water partition coefficient (Wildman–Crippen LogP) is 2.50. The molecule has 0 radical (unpaired) electrons. The Balaban J connectivity index is 2.88. The van der Waals surface area contributed by atoms with E-state index in [1.165, 1.54) is 38.7 Å². The maximum absolute atomic E-state index is 12.2. The van der Waals surface area contributed by atoms with Crippen LogP contribution in [0.25, 0.3) is 11.3 Å². The van der Waals surface area contributed by atoms with Gasteiger partial charge < -0.3 is 13.9 Å². The molecule has 2 rings (SSSR count). The van der Waals surface area contributed by atoms with Crippen LogP contribution >= 0.6 is 0 Å². The van der Waals surface area contributed by atoms with Crippen molar-refractivity contribution in [3.63, 3.8) is 0 Å². The van der Waals surface area contributed by atoms with Gasteiger partial charge in [-0.3, -0.25) is 4.79 Å². The van der Waals surface area contributed by atoms with Crippen molar-refractivity contribution in [1.82, 2.24) is 0 Å². The van der Waals surface area contributed by atoms with Crippen molar-refractivity contribution >= 4 is 11.9 Å². The van der Waals surface area contributed by atoms with Gasteiger partial charge in [0.05, 0.1) is 31.6 Å². The zero-order valence-corrected chi connectivity index (χ0v) is 13.3. The number of aryl methyl sites for hydroxylation is 1. The van der Waals surface area contributed by atoms with Crippen molar-refractivity contribution in [3.05, 3.63) is 56.9 Å². The highest BCUT2D eigenvalue weighted by atomic mass is 16.5. The van der Waals surface area contributed by atoms with Crippen molar-refractivity contribution in [1.29, 1.82) is 0 Å². The third-order valence-electron chi connectivity index (χ3n) is 3.50. The average Bonchev–Trinajstić information content (AvgIpc) is 2.58. The number of ether oxygens (including phenoxy) is 2. The van der Waals surface area contributed by atoms with E-state index in [4.69, 9.17) is 13.9 Å². The van der Waals surface area contributed by atoms with Gasteiger partial charge in [-0.15, -0.1) is 0 Å². The van der Waals surface area contributed by atoms with Crippen LogP contribution < -0.4 is 5.43 Å². The molecule has 0 unspecified atom stereocenters. The molecular formula is C17H16O6. The molecule has 1 aromatic heterocycles. The second-order valence-electron chi connectivity index (χ2n) is 4.91. The van der Waals surface area contributed by atoms with Gasteiger partial charge in [-0.05, 0) is 26.0 Å². The van der Waals surface area contributed by atoms with Gasteiger partial charge in [0.25, 0.3) is 0 Å². The summed E-state index contributed by atoms with van der Waals surface area (Å²) in [4.78, 5) is 36.3. The molecule has 2 aromatic rings. The maximum atomic E-state index is 12.2. The lowest BCUT2D eigenvalue weighted by molar-refractivity contribution is 0.0600. The van der Waals surface area contributed by atoms with Crippen LogP contribution in [0.15, 0.2) is 33.7 Å². The lowest BCUT2D eigenvalue weighted by Crippen LogP contribution is -2.14. The molecule has 0 saturated heterocycles. The van der Waals surface area contributed by atoms with E-state index >= 15 is 0 Å². The zero-order chi connectivity index (χ0) is 17.1. The van der Waals surface area contributed by atoms with E-state index in [2.05, 4.69) is 0 Å². The fourth-order valence-corrected chi connectivity index (χ4v) is 2.29. The average molecular weight is 316 g/mol. The zero-order valence-electron chi connectivity index (χ0n) is 13.3. The van der Waals surface area contributed by atoms with Gasteiger partial charge >= 0.3 is 11.9 Å². The lowest BCUT2D eigenvalue weighted by Gasteiger charge is -2.13. The lowest BCUT2D eigenvalue weighted by atomic mass is 9.95. The fraction of sp³-hybridized carbons (Fsp3) is 0.235. The largest absolute Gasteiger partial charge is 0.465 e. The molecule has 1 heterocycles. The summed E-state index contributed by atoms with van der Waals surface area (Å²) in [5.74, 6) is -1.15. The van der Waals surface area contributed by atoms with Crippen LogP contribution in [0.3, 0.4) is 0 Å². The third kappa shape index (κ3) is 2.88. The van der Waals surface area contributed by atoms with Gasteiger partial charge in [0.15, 0.2) is 5.43 Å². The minimum Gasteiger partial charge on any atom is -0.465 e. The van der Waals surface area contributed by atoms with Crippen molar-refractivity contribution in [3.8, 4) is 11.3 Å². The van der Waals surface area contributed by atoms with Gasteiger partial charge in [-0.1, -0.05) is 6.07 Å². The first kappa shape index (κ1) is 16.5. The summed E-state index contributed by atoms with van der Waals surface area (Å²) in [5, 5.41) is 0. The standard InChI is InChI=1S/C17H16O6/c1-9-8-23-15(10(2)14(9)18)13-11(16(19)21-3)6-5-7-12(13)17(20)22-4/h5-8H,1-4H3. The number of hydrogen-bond acceptors (Lipinski definition) is 6. The molecule has 0 aliphatic carbocycles. The first-order valence-corrected chi connectivity index (χ1v) is 6.81. The SMILES string of the molecule is COC(=O)c1cccc(C(=O)OC)c1-c1occ(C)c(=O)c1C. The second-order valence-corrected chi connectivity index (χ2v) is 4.91. The molecule has 0 N–H and O–H groups in total. The summed E-state index contributed by atoms with van der Waals surface area (Å²) < 4.78 is 15.0. The number of hydrogen-bond donors (Lipinski definition) is 0. The van der Waals surface area contributed by atoms with E-state index in [-0.39, 0.29) is 27.9 Å². The number of carbonyl (C=O) groups excluding carboxylic acids is 2. The Kier molecular flexibility index (Phi) is 4.64. The van der Waals surface area contributed by atoms with Crippen LogP contribution in [0.1, 0.15) is 31.8 Å². The first-order valence-electron chi connectivity index (χ1n) is 6.81. The normalized spacial score (nSPS) is 10.3. The summed E-state index contributed by atoms with van der Waals surface area (Å²) in [6, 6.07) is 4.52. The van der Waals surface area contributed by atoms with Crippen molar-refractivity contribution < 1.29 is 23.5 Å². The molecule has 0 spiro atoms. The molecule has 0 amide bonds. The predicted molar refractivity (Wildman–Crippen MR) is 82.6 cm³/mol. The molecule has 0 aliphatic rings. The number of benzene rings is 1. The molecule has 0 saturated carbocycles. The molecule has 0 fully saturated rings. The van der Waals surface area contributed by atoms with Gasteiger partial charge in [-0.2, -0.15) is 0 Å². The Morgan fingerprint density at radius 3 is 2.00 bits per heavy atom. The van der Waals surface area contributed by atoms with Crippen molar-refractivity contribution in [2.24, 2.45) is 0 Å². The van der Waals surface area contributed by atoms with Crippen LogP contribution in [0, 0.1) is 13.8 Å². The Morgan fingerprint density at radius 2 is 1.52 bits per heavy atom. The van der Waals surface area contributed by atoms with Gasteiger partial charge in [0.1, 0.15) is 5.76 Å². The number of rotatable bonds is 3. The molecule has 120 valence electrons. The Hall–Kier alpha value is -2.89. The monoisotopic (exact) mass is 316 g/mol. The van der Waals surface area contributed by atoms with E-state index in [9.17, 15) is 14.4 Å². The molecule has 1 aromatic carbocycles. The van der Waals surface area contributed by atoms with E-state index in [1.54, 1.807) is 13.8 Å². The van der Waals surface area contributed by atoms with E-state index < -0.39 is 11.9 Å². The summed E-state index contributed by atoms with van der Waals surface area (Å²) in [5.41, 5.74) is 0.923. The molecule has 0 bridgehead atoms. The molecule has 0 aliphatic heterocycles. The Bertz CT molecular complexity index is 797. The van der Waals surface area contributed by atoms with E-state index in [0.717, 1.165) is 0 Å². The number of esters is 2. The van der Waals surface area contributed by atoms with Gasteiger partial charge in [0, 0.05) is 16.7 Å². The highest BCUT2D eigenvalue weighted by molar-refractivity contribution is 6.05. The molecular weight excluding hydrogens is 300 g/mol. The fourth-order valence-electron chi connectivity index (χ4n) is 2.29. The molecule has 6 nitrogen and oxygen atoms in total. The number of methoxy groups -OCH3 is 2. The van der Waals surface area contributed by atoms with Crippen LogP contribution in [0.2, 0.25) is 0 Å². The smallest absolute Gasteiger partial charge is 0.338 e. The van der Waals surface area contributed by atoms with Crippen LogP contribution in [-0.2, 0) is 9.47 Å². The minimum atomic E-state index is -0.645. The quantitative estimate of drug-likeness (QED) is 0.809. The second kappa shape index (κ2) is 6.48.